The van der Waals surface area contributed by atoms with E-state index in [4.69, 9.17) is 16.3 Å². The van der Waals surface area contributed by atoms with Crippen molar-refractivity contribution in [2.75, 3.05) is 6.54 Å². The van der Waals surface area contributed by atoms with Gasteiger partial charge in [-0.1, -0.05) is 29.8 Å². The molecule has 29 heavy (non-hydrogen) atoms. The van der Waals surface area contributed by atoms with Crippen LogP contribution in [0, 0.1) is 5.92 Å². The molecule has 1 fully saturated rings. The number of esters is 1. The zero-order valence-corrected chi connectivity index (χ0v) is 17.7. The molecule has 9 heteroatoms. The Morgan fingerprint density at radius 3 is 2.55 bits per heavy atom. The summed E-state index contributed by atoms with van der Waals surface area (Å²) >= 11 is 6.13. The van der Waals surface area contributed by atoms with Gasteiger partial charge in [0, 0.05) is 30.1 Å². The van der Waals surface area contributed by atoms with Crippen molar-refractivity contribution in [2.24, 2.45) is 5.92 Å². The fourth-order valence-electron chi connectivity index (χ4n) is 2.82. The Bertz CT molecular complexity index is 806. The number of imide groups is 1. The first-order valence-corrected chi connectivity index (χ1v) is 9.68. The molecule has 2 atom stereocenters. The number of nitrogens with one attached hydrogen (secondary N) is 2. The molecule has 1 saturated heterocycles. The molecule has 0 saturated carbocycles. The van der Waals surface area contributed by atoms with E-state index in [1.54, 1.807) is 32.9 Å². The van der Waals surface area contributed by atoms with E-state index >= 15 is 0 Å². The number of benzene rings is 1. The van der Waals surface area contributed by atoms with Crippen molar-refractivity contribution >= 4 is 35.4 Å². The number of halogens is 1. The molecule has 0 radical (unpaired) electrons. The zero-order chi connectivity index (χ0) is 21.8. The van der Waals surface area contributed by atoms with E-state index in [0.29, 0.717) is 11.6 Å². The predicted molar refractivity (Wildman–Crippen MR) is 107 cm³/mol. The van der Waals surface area contributed by atoms with Gasteiger partial charge in [-0.25, -0.2) is 4.79 Å². The lowest BCUT2D eigenvalue weighted by Crippen LogP contribution is -2.50. The van der Waals surface area contributed by atoms with Crippen molar-refractivity contribution in [3.8, 4) is 0 Å². The van der Waals surface area contributed by atoms with Crippen LogP contribution >= 0.6 is 11.6 Å². The summed E-state index contributed by atoms with van der Waals surface area (Å²) in [5.41, 5.74) is 0.272. The van der Waals surface area contributed by atoms with E-state index in [1.165, 1.54) is 11.8 Å². The van der Waals surface area contributed by atoms with Crippen LogP contribution < -0.4 is 10.6 Å². The molecule has 2 N–H and O–H groups in total. The van der Waals surface area contributed by atoms with E-state index in [0.717, 1.165) is 5.56 Å². The summed E-state index contributed by atoms with van der Waals surface area (Å²) in [6, 6.07) is 6.50. The standard InChI is InChI=1S/C20H26ClN3O5/c1-12(17(26)22-19(28)23-20(2,3)4)29-18(27)14-9-16(25)24(11-14)10-13-7-5-6-8-15(13)21/h5-8,12,14H,9-11H2,1-4H3,(H2,22,23,26,28)/t12-,14-/m1/s1. The van der Waals surface area contributed by atoms with Crippen LogP contribution in [0.1, 0.15) is 39.7 Å². The van der Waals surface area contributed by atoms with Gasteiger partial charge < -0.3 is 15.0 Å². The number of carbonyl (C=O) groups is 4. The Hall–Kier alpha value is -2.61. The first-order chi connectivity index (χ1) is 13.5. The zero-order valence-electron chi connectivity index (χ0n) is 17.0. The first kappa shape index (κ1) is 22.7. The van der Waals surface area contributed by atoms with Gasteiger partial charge in [0.25, 0.3) is 5.91 Å². The molecule has 1 aromatic carbocycles. The number of likely N-dealkylation sites (tertiary alicyclic amines) is 1. The van der Waals surface area contributed by atoms with E-state index in [-0.39, 0.29) is 18.9 Å². The average Bonchev–Trinajstić information content (AvgIpc) is 2.96. The van der Waals surface area contributed by atoms with Crippen LogP contribution in [0.15, 0.2) is 24.3 Å². The van der Waals surface area contributed by atoms with E-state index < -0.39 is 35.5 Å². The number of hydrogen-bond acceptors (Lipinski definition) is 5. The normalized spacial score (nSPS) is 17.6. The lowest BCUT2D eigenvalue weighted by molar-refractivity contribution is -0.158. The largest absolute Gasteiger partial charge is 0.452 e. The highest BCUT2D eigenvalue weighted by Crippen LogP contribution is 2.24. The molecule has 4 amide bonds. The number of ether oxygens (including phenoxy) is 1. The van der Waals surface area contributed by atoms with Gasteiger partial charge in [-0.15, -0.1) is 0 Å². The molecule has 158 valence electrons. The number of hydrogen-bond donors (Lipinski definition) is 2. The van der Waals surface area contributed by atoms with Crippen LogP contribution in [0.5, 0.6) is 0 Å². The number of nitrogens with zero attached hydrogens (tertiary/aromatic N) is 1. The highest BCUT2D eigenvalue weighted by Gasteiger charge is 2.37. The lowest BCUT2D eigenvalue weighted by atomic mass is 10.1. The smallest absolute Gasteiger partial charge is 0.321 e. The molecule has 1 aliphatic rings. The maximum absolute atomic E-state index is 12.4. The summed E-state index contributed by atoms with van der Waals surface area (Å²) in [6.45, 7) is 7.16. The Morgan fingerprint density at radius 1 is 1.28 bits per heavy atom. The van der Waals surface area contributed by atoms with Crippen LogP contribution in [0.3, 0.4) is 0 Å². The van der Waals surface area contributed by atoms with Crippen LogP contribution in [-0.2, 0) is 25.7 Å². The average molecular weight is 424 g/mol. The molecule has 0 bridgehead atoms. The predicted octanol–water partition coefficient (Wildman–Crippen LogP) is 2.24. The summed E-state index contributed by atoms with van der Waals surface area (Å²) in [4.78, 5) is 50.0. The SMILES string of the molecule is C[C@@H](OC(=O)[C@@H]1CC(=O)N(Cc2ccccc2Cl)C1)C(=O)NC(=O)NC(C)(C)C. The third-order valence-corrected chi connectivity index (χ3v) is 4.62. The molecule has 8 nitrogen and oxygen atoms in total. The summed E-state index contributed by atoms with van der Waals surface area (Å²) in [6.07, 6.45) is -1.16. The number of rotatable bonds is 5. The Kier molecular flexibility index (Phi) is 7.24. The summed E-state index contributed by atoms with van der Waals surface area (Å²) in [5, 5.41) is 5.26. The molecular weight excluding hydrogens is 398 g/mol. The molecule has 0 unspecified atom stereocenters. The van der Waals surface area contributed by atoms with E-state index in [1.807, 2.05) is 12.1 Å². The van der Waals surface area contributed by atoms with Gasteiger partial charge in [0.05, 0.1) is 5.92 Å². The minimum Gasteiger partial charge on any atom is -0.452 e. The van der Waals surface area contributed by atoms with Crippen molar-refractivity contribution in [1.29, 1.82) is 0 Å². The Labute approximate surface area is 174 Å². The summed E-state index contributed by atoms with van der Waals surface area (Å²) < 4.78 is 5.16. The van der Waals surface area contributed by atoms with Crippen molar-refractivity contribution in [3.05, 3.63) is 34.9 Å². The van der Waals surface area contributed by atoms with Crippen molar-refractivity contribution in [2.45, 2.75) is 52.3 Å². The number of carbonyl (C=O) groups excluding carboxylic acids is 4. The molecule has 0 aromatic heterocycles. The molecule has 0 spiro atoms. The van der Waals surface area contributed by atoms with Gasteiger partial charge in [0.1, 0.15) is 0 Å². The van der Waals surface area contributed by atoms with Gasteiger partial charge in [-0.3, -0.25) is 19.7 Å². The van der Waals surface area contributed by atoms with Crippen molar-refractivity contribution < 1.29 is 23.9 Å². The summed E-state index contributed by atoms with van der Waals surface area (Å²) in [7, 11) is 0. The second-order valence-electron chi connectivity index (χ2n) is 8.04. The van der Waals surface area contributed by atoms with Crippen LogP contribution in [-0.4, -0.2) is 46.9 Å². The number of amides is 4. The summed E-state index contributed by atoms with van der Waals surface area (Å²) in [5.74, 6) is -2.26. The molecule has 1 aliphatic heterocycles. The van der Waals surface area contributed by atoms with Crippen LogP contribution in [0.2, 0.25) is 5.02 Å². The molecular formula is C20H26ClN3O5. The molecule has 0 aliphatic carbocycles. The third kappa shape index (κ3) is 6.74. The Morgan fingerprint density at radius 2 is 1.93 bits per heavy atom. The minimum absolute atomic E-state index is 0.00212. The Balaban J connectivity index is 1.87. The quantitative estimate of drug-likeness (QED) is 0.706. The third-order valence-electron chi connectivity index (χ3n) is 4.25. The fraction of sp³-hybridized carbons (Fsp3) is 0.500. The van der Waals surface area contributed by atoms with Gasteiger partial charge >= 0.3 is 12.0 Å². The molecule has 2 rings (SSSR count). The van der Waals surface area contributed by atoms with Crippen LogP contribution in [0.4, 0.5) is 4.79 Å². The topological polar surface area (TPSA) is 105 Å². The van der Waals surface area contributed by atoms with Gasteiger partial charge in [-0.2, -0.15) is 0 Å². The molecule has 1 heterocycles. The van der Waals surface area contributed by atoms with E-state index in [9.17, 15) is 19.2 Å². The lowest BCUT2D eigenvalue weighted by Gasteiger charge is -2.21. The van der Waals surface area contributed by atoms with Crippen LogP contribution in [0.25, 0.3) is 0 Å². The minimum atomic E-state index is -1.17. The van der Waals surface area contributed by atoms with Gasteiger partial charge in [-0.05, 0) is 39.3 Å². The molecule has 1 aromatic rings. The second kappa shape index (κ2) is 9.26. The highest BCUT2D eigenvalue weighted by atomic mass is 35.5. The van der Waals surface area contributed by atoms with Gasteiger partial charge in [0.2, 0.25) is 5.91 Å². The first-order valence-electron chi connectivity index (χ1n) is 9.31. The number of urea groups is 1. The van der Waals surface area contributed by atoms with E-state index in [2.05, 4.69) is 10.6 Å². The monoisotopic (exact) mass is 423 g/mol. The highest BCUT2D eigenvalue weighted by molar-refractivity contribution is 6.31. The maximum Gasteiger partial charge on any atom is 0.321 e. The maximum atomic E-state index is 12.4. The van der Waals surface area contributed by atoms with Crippen molar-refractivity contribution in [1.82, 2.24) is 15.5 Å². The van der Waals surface area contributed by atoms with Crippen molar-refractivity contribution in [3.63, 3.8) is 0 Å². The fourth-order valence-corrected chi connectivity index (χ4v) is 3.02. The second-order valence-corrected chi connectivity index (χ2v) is 8.45. The van der Waals surface area contributed by atoms with Gasteiger partial charge in [0.15, 0.2) is 6.10 Å².